The number of aliphatic carboxylic acids is 1. The second-order valence-corrected chi connectivity index (χ2v) is 8.78. The van der Waals surface area contributed by atoms with Crippen LogP contribution in [0.2, 0.25) is 0 Å². The van der Waals surface area contributed by atoms with Gasteiger partial charge in [0, 0.05) is 25.7 Å². The number of nitrogens with one attached hydrogen (secondary N) is 2. The highest BCUT2D eigenvalue weighted by Gasteiger charge is 2.38. The molecule has 0 aliphatic carbocycles. The van der Waals surface area contributed by atoms with Crippen LogP contribution in [-0.2, 0) is 9.59 Å². The fourth-order valence-corrected chi connectivity index (χ4v) is 3.78. The maximum atomic E-state index is 12.3. The molecule has 1 heterocycles. The van der Waals surface area contributed by atoms with Crippen molar-refractivity contribution in [3.8, 4) is 0 Å². The molecule has 2 atom stereocenters. The van der Waals surface area contributed by atoms with Crippen LogP contribution in [0.4, 0.5) is 13.2 Å². The Morgan fingerprint density at radius 1 is 0.906 bits per heavy atom. The van der Waals surface area contributed by atoms with Crippen LogP contribution < -0.4 is 10.6 Å². The summed E-state index contributed by atoms with van der Waals surface area (Å²) in [4.78, 5) is 23.3. The summed E-state index contributed by atoms with van der Waals surface area (Å²) >= 11 is 0. The molecule has 0 aromatic heterocycles. The van der Waals surface area contributed by atoms with Crippen LogP contribution >= 0.6 is 0 Å². The molecule has 3 N–H and O–H groups in total. The van der Waals surface area contributed by atoms with E-state index in [4.69, 9.17) is 9.90 Å². The molecule has 1 saturated heterocycles. The Hall–Kier alpha value is -1.35. The van der Waals surface area contributed by atoms with Crippen LogP contribution in [0.25, 0.3) is 0 Å². The highest BCUT2D eigenvalue weighted by atomic mass is 19.4. The Bertz CT molecular complexity index is 503. The first-order valence-corrected chi connectivity index (χ1v) is 12.1. The van der Waals surface area contributed by atoms with Crippen LogP contribution in [-0.4, -0.2) is 67.8 Å². The van der Waals surface area contributed by atoms with E-state index in [1.54, 1.807) is 0 Å². The lowest BCUT2D eigenvalue weighted by molar-refractivity contribution is -0.192. The molecule has 1 aliphatic heterocycles. The van der Waals surface area contributed by atoms with E-state index in [0.29, 0.717) is 6.04 Å². The van der Waals surface area contributed by atoms with E-state index >= 15 is 0 Å². The molecule has 0 aromatic carbocycles. The van der Waals surface area contributed by atoms with E-state index in [9.17, 15) is 18.0 Å². The molecule has 6 nitrogen and oxygen atoms in total. The summed E-state index contributed by atoms with van der Waals surface area (Å²) in [5.41, 5.74) is 0. The zero-order valence-electron chi connectivity index (χ0n) is 20.1. The third kappa shape index (κ3) is 15.5. The first-order chi connectivity index (χ1) is 15.1. The van der Waals surface area contributed by atoms with E-state index in [1.807, 2.05) is 0 Å². The third-order valence-electron chi connectivity index (χ3n) is 5.75. The van der Waals surface area contributed by atoms with Gasteiger partial charge in [0.05, 0.1) is 5.92 Å². The summed E-state index contributed by atoms with van der Waals surface area (Å²) in [7, 11) is 4.12. The molecule has 0 unspecified atom stereocenters. The first kappa shape index (κ1) is 30.6. The van der Waals surface area contributed by atoms with Crippen molar-refractivity contribution in [1.29, 1.82) is 0 Å². The molecule has 9 heteroatoms. The molecule has 0 radical (unpaired) electrons. The van der Waals surface area contributed by atoms with E-state index in [2.05, 4.69) is 36.6 Å². The Morgan fingerprint density at radius 2 is 1.34 bits per heavy atom. The van der Waals surface area contributed by atoms with E-state index in [-0.39, 0.29) is 11.8 Å². The maximum Gasteiger partial charge on any atom is 0.490 e. The highest BCUT2D eigenvalue weighted by Crippen LogP contribution is 2.15. The largest absolute Gasteiger partial charge is 0.490 e. The molecular weight excluding hydrogens is 423 g/mol. The lowest BCUT2D eigenvalue weighted by Gasteiger charge is -2.24. The molecule has 1 rings (SSSR count). The predicted molar refractivity (Wildman–Crippen MR) is 122 cm³/mol. The zero-order valence-corrected chi connectivity index (χ0v) is 20.1. The number of halogens is 3. The second-order valence-electron chi connectivity index (χ2n) is 8.78. The normalized spacial score (nSPS) is 18.3. The Kier molecular flexibility index (Phi) is 17.4. The molecule has 32 heavy (non-hydrogen) atoms. The van der Waals surface area contributed by atoms with Gasteiger partial charge in [0.1, 0.15) is 0 Å². The van der Waals surface area contributed by atoms with Gasteiger partial charge in [0.2, 0.25) is 5.91 Å². The molecule has 0 spiro atoms. The van der Waals surface area contributed by atoms with Crippen molar-refractivity contribution in [2.75, 3.05) is 33.7 Å². The summed E-state index contributed by atoms with van der Waals surface area (Å²) < 4.78 is 31.7. The first-order valence-electron chi connectivity index (χ1n) is 12.1. The topological polar surface area (TPSA) is 81.7 Å². The van der Waals surface area contributed by atoms with Gasteiger partial charge in [-0.05, 0) is 20.5 Å². The second kappa shape index (κ2) is 18.1. The van der Waals surface area contributed by atoms with Gasteiger partial charge < -0.3 is 20.6 Å². The molecule has 0 aromatic rings. The summed E-state index contributed by atoms with van der Waals surface area (Å²) in [5.74, 6) is -2.42. The van der Waals surface area contributed by atoms with Crippen LogP contribution in [0.3, 0.4) is 0 Å². The van der Waals surface area contributed by atoms with Crippen molar-refractivity contribution in [3.05, 3.63) is 0 Å². The van der Waals surface area contributed by atoms with Gasteiger partial charge in [-0.15, -0.1) is 0 Å². The minimum atomic E-state index is -5.08. The van der Waals surface area contributed by atoms with Crippen molar-refractivity contribution in [1.82, 2.24) is 15.5 Å². The number of hydrogen-bond donors (Lipinski definition) is 3. The van der Waals surface area contributed by atoms with Crippen LogP contribution in [0.15, 0.2) is 0 Å². The Balaban J connectivity index is 0.00000118. The standard InChI is InChI=1S/C21H43N3O.C2HF3O2/c1-4-5-6-7-8-9-10-11-12-13-14-15-16-23-21(25)19-17-22-18-20(19)24(2)3;3-2(4,5)1(6)7/h19-20,22H,4-18H2,1-3H3,(H,23,25);(H,6,7)/t19-,20-;/m1./s1. The lowest BCUT2D eigenvalue weighted by atomic mass is 10.0. The monoisotopic (exact) mass is 467 g/mol. The number of nitrogens with zero attached hydrogens (tertiary/aromatic N) is 1. The van der Waals surface area contributed by atoms with Crippen molar-refractivity contribution >= 4 is 11.9 Å². The minimum Gasteiger partial charge on any atom is -0.475 e. The van der Waals surface area contributed by atoms with E-state index < -0.39 is 12.1 Å². The zero-order chi connectivity index (χ0) is 24.4. The predicted octanol–water partition coefficient (Wildman–Crippen LogP) is 4.59. The number of alkyl halides is 3. The van der Waals surface area contributed by atoms with Gasteiger partial charge in [0.15, 0.2) is 0 Å². The van der Waals surface area contributed by atoms with Gasteiger partial charge in [-0.3, -0.25) is 4.79 Å². The van der Waals surface area contributed by atoms with Crippen molar-refractivity contribution in [2.24, 2.45) is 5.92 Å². The molecule has 1 fully saturated rings. The molecular formula is C23H44F3N3O3. The summed E-state index contributed by atoms with van der Waals surface area (Å²) in [6, 6.07) is 0.335. The number of amides is 1. The number of likely N-dealkylation sites (N-methyl/N-ethyl adjacent to an activating group) is 1. The van der Waals surface area contributed by atoms with Crippen molar-refractivity contribution < 1.29 is 27.9 Å². The third-order valence-corrected chi connectivity index (χ3v) is 5.75. The van der Waals surface area contributed by atoms with Gasteiger partial charge in [0.25, 0.3) is 0 Å². The SMILES string of the molecule is CCCCCCCCCCCCCCNC(=O)[C@@H]1CNC[C@H]1N(C)C.O=C(O)C(F)(F)F. The van der Waals surface area contributed by atoms with Gasteiger partial charge in [-0.2, -0.15) is 13.2 Å². The summed E-state index contributed by atoms with van der Waals surface area (Å²) in [5, 5.41) is 13.6. The van der Waals surface area contributed by atoms with Gasteiger partial charge in [-0.25, -0.2) is 4.79 Å². The molecule has 0 bridgehead atoms. The molecule has 0 saturated carbocycles. The van der Waals surface area contributed by atoms with Crippen molar-refractivity contribution in [2.45, 2.75) is 96.2 Å². The van der Waals surface area contributed by atoms with Crippen molar-refractivity contribution in [3.63, 3.8) is 0 Å². The smallest absolute Gasteiger partial charge is 0.475 e. The average Bonchev–Trinajstić information content (AvgIpc) is 3.21. The number of carbonyl (C=O) groups is 2. The molecule has 190 valence electrons. The van der Waals surface area contributed by atoms with Crippen LogP contribution in [0.1, 0.15) is 84.0 Å². The number of carboxylic acids is 1. The Morgan fingerprint density at radius 3 is 1.75 bits per heavy atom. The molecule has 1 amide bonds. The number of carbonyl (C=O) groups excluding carboxylic acids is 1. The lowest BCUT2D eigenvalue weighted by Crippen LogP contribution is -2.43. The van der Waals surface area contributed by atoms with Crippen LogP contribution in [0.5, 0.6) is 0 Å². The van der Waals surface area contributed by atoms with Gasteiger partial charge in [-0.1, -0.05) is 77.6 Å². The number of carboxylic acid groups (broad SMARTS) is 1. The van der Waals surface area contributed by atoms with E-state index in [1.165, 1.54) is 70.6 Å². The van der Waals surface area contributed by atoms with E-state index in [0.717, 1.165) is 26.1 Å². The molecule has 1 aliphatic rings. The Labute approximate surface area is 191 Å². The number of unbranched alkanes of at least 4 members (excludes halogenated alkanes) is 11. The highest BCUT2D eigenvalue weighted by molar-refractivity contribution is 5.80. The number of rotatable bonds is 15. The quantitative estimate of drug-likeness (QED) is 0.307. The number of hydrogen-bond acceptors (Lipinski definition) is 4. The maximum absolute atomic E-state index is 12.3. The summed E-state index contributed by atoms with van der Waals surface area (Å²) in [6.45, 7) is 4.85. The summed E-state index contributed by atoms with van der Waals surface area (Å²) in [6.07, 6.45) is 11.2. The van der Waals surface area contributed by atoms with Gasteiger partial charge >= 0.3 is 12.1 Å². The minimum absolute atomic E-state index is 0.104. The fraction of sp³-hybridized carbons (Fsp3) is 0.913. The van der Waals surface area contributed by atoms with Crippen LogP contribution in [0, 0.1) is 5.92 Å². The average molecular weight is 468 g/mol. The fourth-order valence-electron chi connectivity index (χ4n) is 3.78.